The van der Waals surface area contributed by atoms with Crippen molar-refractivity contribution in [2.45, 2.75) is 63.5 Å². The Balaban J connectivity index is 2.89. The van der Waals surface area contributed by atoms with E-state index >= 15 is 0 Å². The summed E-state index contributed by atoms with van der Waals surface area (Å²) in [6.45, 7) is 1.82. The van der Waals surface area contributed by atoms with Crippen molar-refractivity contribution in [1.82, 2.24) is 9.80 Å². The molecule has 0 saturated heterocycles. The molecule has 2 amide bonds. The Labute approximate surface area is 126 Å². The number of amides is 2. The molecule has 1 fully saturated rings. The van der Waals surface area contributed by atoms with E-state index in [1.165, 1.54) is 4.90 Å². The van der Waals surface area contributed by atoms with Crippen LogP contribution in [0.5, 0.6) is 0 Å². The quantitative estimate of drug-likeness (QED) is 0.844. The van der Waals surface area contributed by atoms with Gasteiger partial charge in [-0.3, -0.25) is 4.79 Å². The van der Waals surface area contributed by atoms with E-state index < -0.39 is 11.5 Å². The minimum absolute atomic E-state index is 0.0181. The number of carbonyl (C=O) groups excluding carboxylic acids is 1. The van der Waals surface area contributed by atoms with Gasteiger partial charge in [0.2, 0.25) is 0 Å². The fraction of sp³-hybridized carbons (Fsp3) is 0.800. The predicted octanol–water partition coefficient (Wildman–Crippen LogP) is 2.45. The van der Waals surface area contributed by atoms with Gasteiger partial charge in [-0.15, -0.1) is 0 Å². The number of nitriles is 1. The highest BCUT2D eigenvalue weighted by Gasteiger charge is 2.41. The van der Waals surface area contributed by atoms with Crippen molar-refractivity contribution in [1.29, 1.82) is 5.26 Å². The van der Waals surface area contributed by atoms with Gasteiger partial charge in [0.15, 0.2) is 0 Å². The van der Waals surface area contributed by atoms with Crippen LogP contribution in [-0.2, 0) is 4.79 Å². The standard InChI is InChI=1S/C15H25N3O3/c1-12(7-10-16)17(2)14(21)18(3)15(11-13(19)20)8-5-4-6-9-15/h12H,4-9,11H2,1-3H3,(H,19,20). The maximum absolute atomic E-state index is 12.6. The zero-order valence-electron chi connectivity index (χ0n) is 13.1. The topological polar surface area (TPSA) is 84.6 Å². The SMILES string of the molecule is CC(CC#N)N(C)C(=O)N(C)C1(CC(=O)O)CCCCC1. The van der Waals surface area contributed by atoms with Gasteiger partial charge in [-0.25, -0.2) is 4.79 Å². The lowest BCUT2D eigenvalue weighted by Crippen LogP contribution is -2.56. The van der Waals surface area contributed by atoms with Gasteiger partial charge in [-0.05, 0) is 19.8 Å². The van der Waals surface area contributed by atoms with E-state index in [1.54, 1.807) is 19.0 Å². The summed E-state index contributed by atoms with van der Waals surface area (Å²) in [5.41, 5.74) is -0.595. The summed E-state index contributed by atoms with van der Waals surface area (Å²) in [7, 11) is 3.35. The van der Waals surface area contributed by atoms with Crippen LogP contribution >= 0.6 is 0 Å². The summed E-state index contributed by atoms with van der Waals surface area (Å²) >= 11 is 0. The second-order valence-corrected chi connectivity index (χ2v) is 6.02. The van der Waals surface area contributed by atoms with Gasteiger partial charge in [-0.1, -0.05) is 19.3 Å². The molecule has 118 valence electrons. The molecule has 1 saturated carbocycles. The lowest BCUT2D eigenvalue weighted by atomic mass is 9.78. The molecular formula is C15H25N3O3. The third-order valence-corrected chi connectivity index (χ3v) is 4.61. The van der Waals surface area contributed by atoms with E-state index in [-0.39, 0.29) is 24.9 Å². The van der Waals surface area contributed by atoms with Crippen LogP contribution in [0.4, 0.5) is 4.79 Å². The van der Waals surface area contributed by atoms with Crippen LogP contribution in [0, 0.1) is 11.3 Å². The van der Waals surface area contributed by atoms with Crippen LogP contribution < -0.4 is 0 Å². The Morgan fingerprint density at radius 3 is 2.33 bits per heavy atom. The van der Waals surface area contributed by atoms with Crippen LogP contribution in [0.25, 0.3) is 0 Å². The molecule has 6 heteroatoms. The third kappa shape index (κ3) is 4.10. The molecule has 6 nitrogen and oxygen atoms in total. The van der Waals surface area contributed by atoms with Crippen LogP contribution in [0.3, 0.4) is 0 Å². The molecule has 1 rings (SSSR count). The smallest absolute Gasteiger partial charge is 0.320 e. The van der Waals surface area contributed by atoms with Crippen LogP contribution in [0.1, 0.15) is 51.9 Å². The Bertz CT molecular complexity index is 424. The Morgan fingerprint density at radius 2 is 1.86 bits per heavy atom. The number of nitrogens with zero attached hydrogens (tertiary/aromatic N) is 3. The Morgan fingerprint density at radius 1 is 1.29 bits per heavy atom. The van der Waals surface area contributed by atoms with Gasteiger partial charge >= 0.3 is 12.0 Å². The summed E-state index contributed by atoms with van der Waals surface area (Å²) in [5.74, 6) is -0.871. The Hall–Kier alpha value is -1.77. The predicted molar refractivity (Wildman–Crippen MR) is 78.7 cm³/mol. The van der Waals surface area contributed by atoms with Gasteiger partial charge < -0.3 is 14.9 Å². The molecule has 0 aliphatic heterocycles. The van der Waals surface area contributed by atoms with Crippen molar-refractivity contribution in [2.75, 3.05) is 14.1 Å². The fourth-order valence-corrected chi connectivity index (χ4v) is 3.02. The molecule has 1 unspecified atom stereocenters. The maximum atomic E-state index is 12.6. The highest BCUT2D eigenvalue weighted by atomic mass is 16.4. The number of carbonyl (C=O) groups is 2. The van der Waals surface area contributed by atoms with E-state index in [9.17, 15) is 14.7 Å². The molecule has 1 aliphatic carbocycles. The van der Waals surface area contributed by atoms with Crippen molar-refractivity contribution < 1.29 is 14.7 Å². The number of hydrogen-bond donors (Lipinski definition) is 1. The van der Waals surface area contributed by atoms with Crippen molar-refractivity contribution in [3.63, 3.8) is 0 Å². The monoisotopic (exact) mass is 295 g/mol. The first-order chi connectivity index (χ1) is 9.84. The molecule has 0 spiro atoms. The van der Waals surface area contributed by atoms with Crippen LogP contribution in [0.2, 0.25) is 0 Å². The van der Waals surface area contributed by atoms with Crippen molar-refractivity contribution >= 4 is 12.0 Å². The van der Waals surface area contributed by atoms with Crippen LogP contribution in [-0.4, -0.2) is 52.6 Å². The number of carboxylic acids is 1. The van der Waals surface area contributed by atoms with Crippen molar-refractivity contribution in [2.24, 2.45) is 0 Å². The van der Waals surface area contributed by atoms with Gasteiger partial charge in [0.25, 0.3) is 0 Å². The molecule has 0 radical (unpaired) electrons. The zero-order chi connectivity index (χ0) is 16.0. The number of aliphatic carboxylic acids is 1. The van der Waals surface area contributed by atoms with E-state index in [0.29, 0.717) is 0 Å². The highest BCUT2D eigenvalue weighted by molar-refractivity contribution is 5.77. The first-order valence-electron chi connectivity index (χ1n) is 7.43. The van der Waals surface area contributed by atoms with Gasteiger partial charge in [-0.2, -0.15) is 5.26 Å². The summed E-state index contributed by atoms with van der Waals surface area (Å²) in [5, 5.41) is 17.9. The first-order valence-corrected chi connectivity index (χ1v) is 7.43. The molecule has 0 bridgehead atoms. The zero-order valence-corrected chi connectivity index (χ0v) is 13.1. The normalized spacial score (nSPS) is 18.4. The summed E-state index contributed by atoms with van der Waals surface area (Å²) < 4.78 is 0. The van der Waals surface area contributed by atoms with E-state index in [0.717, 1.165) is 32.1 Å². The number of hydrogen-bond acceptors (Lipinski definition) is 3. The Kier molecular flexibility index (Phi) is 6.01. The molecule has 1 aliphatic rings. The summed E-state index contributed by atoms with van der Waals surface area (Å²) in [4.78, 5) is 26.9. The fourth-order valence-electron chi connectivity index (χ4n) is 3.02. The van der Waals surface area contributed by atoms with E-state index in [4.69, 9.17) is 5.26 Å². The van der Waals surface area contributed by atoms with Crippen LogP contribution in [0.15, 0.2) is 0 Å². The molecule has 0 aromatic heterocycles. The summed E-state index contributed by atoms with van der Waals surface area (Å²) in [6, 6.07) is 1.66. The largest absolute Gasteiger partial charge is 0.481 e. The molecule has 0 aromatic rings. The number of carboxylic acid groups (broad SMARTS) is 1. The first kappa shape index (κ1) is 17.3. The lowest BCUT2D eigenvalue weighted by Gasteiger charge is -2.45. The second-order valence-electron chi connectivity index (χ2n) is 6.02. The molecule has 0 aromatic carbocycles. The van der Waals surface area contributed by atoms with Gasteiger partial charge in [0, 0.05) is 20.1 Å². The highest BCUT2D eigenvalue weighted by Crippen LogP contribution is 2.36. The number of rotatable bonds is 5. The molecule has 0 heterocycles. The third-order valence-electron chi connectivity index (χ3n) is 4.61. The van der Waals surface area contributed by atoms with Crippen molar-refractivity contribution in [3.05, 3.63) is 0 Å². The van der Waals surface area contributed by atoms with Gasteiger partial charge in [0.1, 0.15) is 0 Å². The number of urea groups is 1. The summed E-state index contributed by atoms with van der Waals surface area (Å²) in [6.07, 6.45) is 4.68. The average molecular weight is 295 g/mol. The minimum atomic E-state index is -0.871. The minimum Gasteiger partial charge on any atom is -0.481 e. The molecule has 1 N–H and O–H groups in total. The second kappa shape index (κ2) is 7.30. The molecule has 1 atom stereocenters. The lowest BCUT2D eigenvalue weighted by molar-refractivity contribution is -0.140. The van der Waals surface area contributed by atoms with E-state index in [1.807, 2.05) is 6.92 Å². The maximum Gasteiger partial charge on any atom is 0.320 e. The average Bonchev–Trinajstić information content (AvgIpc) is 2.45. The molecule has 21 heavy (non-hydrogen) atoms. The molecular weight excluding hydrogens is 270 g/mol. The van der Waals surface area contributed by atoms with Gasteiger partial charge in [0.05, 0.1) is 24.4 Å². The van der Waals surface area contributed by atoms with Crippen molar-refractivity contribution in [3.8, 4) is 6.07 Å². The van der Waals surface area contributed by atoms with E-state index in [2.05, 4.69) is 6.07 Å².